The highest BCUT2D eigenvalue weighted by atomic mass is 32.2. The molecule has 25 heavy (non-hydrogen) atoms. The smallest absolute Gasteiger partial charge is 0.263 e. The van der Waals surface area contributed by atoms with Crippen LogP contribution in [0.1, 0.15) is 16.0 Å². The fraction of sp³-hybridized carbons (Fsp3) is 0.368. The molecular formula is C19H19N3OS2. The SMILES string of the molecule is O=c1c2c3c(sc2nc2n1CCS2)CN(CCc1ccccc1)CC3. The Kier molecular flexibility index (Phi) is 3.91. The third kappa shape index (κ3) is 2.72. The maximum Gasteiger partial charge on any atom is 0.263 e. The second-order valence-corrected chi connectivity index (χ2v) is 8.79. The fourth-order valence-corrected chi connectivity index (χ4v) is 6.02. The summed E-state index contributed by atoms with van der Waals surface area (Å²) in [5.74, 6) is 0.967. The predicted octanol–water partition coefficient (Wildman–Crippen LogP) is 3.16. The number of thiophene rings is 1. The van der Waals surface area contributed by atoms with Gasteiger partial charge in [-0.1, -0.05) is 42.1 Å². The highest BCUT2D eigenvalue weighted by molar-refractivity contribution is 7.99. The number of nitrogens with zero attached hydrogens (tertiary/aromatic N) is 3. The molecule has 6 heteroatoms. The average molecular weight is 370 g/mol. The Morgan fingerprint density at radius 3 is 2.92 bits per heavy atom. The molecule has 128 valence electrons. The lowest BCUT2D eigenvalue weighted by atomic mass is 10.0. The molecule has 3 aromatic rings. The van der Waals surface area contributed by atoms with Crippen molar-refractivity contribution in [2.45, 2.75) is 31.1 Å². The monoisotopic (exact) mass is 369 g/mol. The minimum absolute atomic E-state index is 0.181. The molecule has 0 radical (unpaired) electrons. The van der Waals surface area contributed by atoms with Crippen LogP contribution in [-0.4, -0.2) is 33.3 Å². The quantitative estimate of drug-likeness (QED) is 0.665. The molecule has 2 aromatic heterocycles. The van der Waals surface area contributed by atoms with E-state index >= 15 is 0 Å². The zero-order valence-electron chi connectivity index (χ0n) is 13.9. The molecule has 0 spiro atoms. The summed E-state index contributed by atoms with van der Waals surface area (Å²) < 4.78 is 1.86. The van der Waals surface area contributed by atoms with Gasteiger partial charge in [0.15, 0.2) is 5.16 Å². The van der Waals surface area contributed by atoms with Gasteiger partial charge in [0.25, 0.3) is 5.56 Å². The first-order valence-corrected chi connectivity index (χ1v) is 10.5. The average Bonchev–Trinajstić information content (AvgIpc) is 3.25. The molecule has 0 aliphatic carbocycles. The highest BCUT2D eigenvalue weighted by Gasteiger charge is 2.26. The molecule has 0 amide bonds. The summed E-state index contributed by atoms with van der Waals surface area (Å²) in [5.41, 5.74) is 2.83. The lowest BCUT2D eigenvalue weighted by Gasteiger charge is -2.26. The van der Waals surface area contributed by atoms with E-state index in [-0.39, 0.29) is 5.56 Å². The predicted molar refractivity (Wildman–Crippen MR) is 104 cm³/mol. The summed E-state index contributed by atoms with van der Waals surface area (Å²) >= 11 is 3.42. The number of fused-ring (bicyclic) bond motifs is 4. The van der Waals surface area contributed by atoms with Gasteiger partial charge in [0, 0.05) is 36.8 Å². The lowest BCUT2D eigenvalue weighted by molar-refractivity contribution is 0.261. The van der Waals surface area contributed by atoms with Gasteiger partial charge in [0.2, 0.25) is 0 Å². The minimum atomic E-state index is 0.181. The third-order valence-corrected chi connectivity index (χ3v) is 7.18. The summed E-state index contributed by atoms with van der Waals surface area (Å²) in [4.78, 5) is 22.4. The van der Waals surface area contributed by atoms with Crippen LogP contribution in [0.25, 0.3) is 10.2 Å². The van der Waals surface area contributed by atoms with E-state index in [0.29, 0.717) is 0 Å². The highest BCUT2D eigenvalue weighted by Crippen LogP contribution is 2.34. The van der Waals surface area contributed by atoms with Crippen molar-refractivity contribution in [3.63, 3.8) is 0 Å². The first kappa shape index (κ1) is 15.6. The molecular weight excluding hydrogens is 350 g/mol. The molecule has 0 fully saturated rings. The van der Waals surface area contributed by atoms with Crippen LogP contribution < -0.4 is 5.56 Å². The zero-order valence-corrected chi connectivity index (χ0v) is 15.5. The molecule has 1 aromatic carbocycles. The summed E-state index contributed by atoms with van der Waals surface area (Å²) in [7, 11) is 0. The molecule has 2 aliphatic rings. The van der Waals surface area contributed by atoms with E-state index in [4.69, 9.17) is 4.98 Å². The van der Waals surface area contributed by atoms with Crippen molar-refractivity contribution in [2.75, 3.05) is 18.8 Å². The number of hydrogen-bond acceptors (Lipinski definition) is 5. The van der Waals surface area contributed by atoms with E-state index < -0.39 is 0 Å². The number of hydrogen-bond donors (Lipinski definition) is 0. The van der Waals surface area contributed by atoms with Gasteiger partial charge in [0.1, 0.15) is 4.83 Å². The van der Waals surface area contributed by atoms with Crippen LogP contribution in [0.2, 0.25) is 0 Å². The summed E-state index contributed by atoms with van der Waals surface area (Å²) in [5, 5.41) is 1.80. The van der Waals surface area contributed by atoms with Gasteiger partial charge in [-0.25, -0.2) is 4.98 Å². The van der Waals surface area contributed by atoms with Gasteiger partial charge in [-0.05, 0) is 24.0 Å². The Morgan fingerprint density at radius 1 is 1.16 bits per heavy atom. The normalized spacial score (nSPS) is 17.0. The van der Waals surface area contributed by atoms with E-state index in [2.05, 4.69) is 35.2 Å². The van der Waals surface area contributed by atoms with E-state index in [1.165, 1.54) is 16.0 Å². The maximum absolute atomic E-state index is 12.8. The second kappa shape index (κ2) is 6.27. The van der Waals surface area contributed by atoms with Crippen LogP contribution in [0.3, 0.4) is 0 Å². The van der Waals surface area contributed by atoms with Gasteiger partial charge in [-0.2, -0.15) is 0 Å². The first-order chi connectivity index (χ1) is 12.3. The maximum atomic E-state index is 12.8. The Bertz CT molecular complexity index is 993. The van der Waals surface area contributed by atoms with Crippen LogP contribution in [0.4, 0.5) is 0 Å². The van der Waals surface area contributed by atoms with Crippen molar-refractivity contribution >= 4 is 33.3 Å². The van der Waals surface area contributed by atoms with E-state index in [9.17, 15) is 4.79 Å². The van der Waals surface area contributed by atoms with Crippen molar-refractivity contribution < 1.29 is 0 Å². The summed E-state index contributed by atoms with van der Waals surface area (Å²) in [6, 6.07) is 10.7. The van der Waals surface area contributed by atoms with Gasteiger partial charge in [0.05, 0.1) is 5.39 Å². The molecule has 4 heterocycles. The van der Waals surface area contributed by atoms with Crippen molar-refractivity contribution in [3.8, 4) is 0 Å². The summed E-state index contributed by atoms with van der Waals surface area (Å²) in [6.07, 6.45) is 2.04. The molecule has 0 bridgehead atoms. The Labute approximate surface area is 154 Å². The topological polar surface area (TPSA) is 38.1 Å². The number of aromatic nitrogens is 2. The van der Waals surface area contributed by atoms with Gasteiger partial charge in [-0.3, -0.25) is 14.3 Å². The Hall–Kier alpha value is -1.63. The minimum Gasteiger partial charge on any atom is -0.298 e. The van der Waals surface area contributed by atoms with Crippen LogP contribution in [0.5, 0.6) is 0 Å². The van der Waals surface area contributed by atoms with Crippen LogP contribution in [-0.2, 0) is 25.9 Å². The molecule has 0 saturated carbocycles. The number of benzene rings is 1. The van der Waals surface area contributed by atoms with E-state index in [0.717, 1.165) is 60.1 Å². The lowest BCUT2D eigenvalue weighted by Crippen LogP contribution is -2.32. The number of rotatable bonds is 3. The van der Waals surface area contributed by atoms with E-state index in [1.807, 2.05) is 4.57 Å². The molecule has 0 saturated heterocycles. The molecule has 2 aliphatic heterocycles. The summed E-state index contributed by atoms with van der Waals surface area (Å²) in [6.45, 7) is 3.85. The first-order valence-electron chi connectivity index (χ1n) is 8.74. The molecule has 0 unspecified atom stereocenters. The van der Waals surface area contributed by atoms with Crippen LogP contribution in [0, 0.1) is 0 Å². The van der Waals surface area contributed by atoms with Crippen molar-refractivity contribution in [3.05, 3.63) is 56.7 Å². The van der Waals surface area contributed by atoms with Gasteiger partial charge in [-0.15, -0.1) is 11.3 Å². The molecule has 4 nitrogen and oxygen atoms in total. The standard InChI is InChI=1S/C19H19N3OS2/c23-18-16-14-7-9-21(8-6-13-4-2-1-3-5-13)12-15(14)25-17(16)20-19-22(18)10-11-24-19/h1-5H,6-12H2. The van der Waals surface area contributed by atoms with Crippen LogP contribution >= 0.6 is 23.1 Å². The second-order valence-electron chi connectivity index (χ2n) is 6.65. The van der Waals surface area contributed by atoms with Crippen molar-refractivity contribution in [2.24, 2.45) is 0 Å². The Morgan fingerprint density at radius 2 is 2.04 bits per heavy atom. The Balaban J connectivity index is 1.42. The largest absolute Gasteiger partial charge is 0.298 e. The fourth-order valence-electron chi connectivity index (χ4n) is 3.77. The van der Waals surface area contributed by atoms with Crippen LogP contribution in [0.15, 0.2) is 40.3 Å². The van der Waals surface area contributed by atoms with E-state index in [1.54, 1.807) is 23.1 Å². The molecule has 5 rings (SSSR count). The molecule has 0 N–H and O–H groups in total. The van der Waals surface area contributed by atoms with Crippen molar-refractivity contribution in [1.82, 2.24) is 14.5 Å². The van der Waals surface area contributed by atoms with Gasteiger partial charge < -0.3 is 0 Å². The van der Waals surface area contributed by atoms with Crippen molar-refractivity contribution in [1.29, 1.82) is 0 Å². The molecule has 0 atom stereocenters. The zero-order chi connectivity index (χ0) is 16.8. The third-order valence-electron chi connectivity index (χ3n) is 5.11. The van der Waals surface area contributed by atoms with Gasteiger partial charge >= 0.3 is 0 Å². The number of thioether (sulfide) groups is 1.